The van der Waals surface area contributed by atoms with Crippen molar-refractivity contribution in [2.24, 2.45) is 0 Å². The molecule has 0 saturated carbocycles. The van der Waals surface area contributed by atoms with Crippen LogP contribution in [0.4, 0.5) is 0 Å². The Bertz CT molecular complexity index is 481. The van der Waals surface area contributed by atoms with E-state index in [1.807, 2.05) is 12.1 Å². The number of nitrogens with zero attached hydrogens (tertiary/aromatic N) is 1. The van der Waals surface area contributed by atoms with Crippen LogP contribution in [0.2, 0.25) is 0 Å². The smallest absolute Gasteiger partial charge is 0.253 e. The molecule has 0 spiro atoms. The van der Waals surface area contributed by atoms with Gasteiger partial charge in [0.05, 0.1) is 4.90 Å². The first-order valence-electron chi connectivity index (χ1n) is 6.33. The van der Waals surface area contributed by atoms with Crippen LogP contribution in [0, 0.1) is 0 Å². The summed E-state index contributed by atoms with van der Waals surface area (Å²) in [6, 6.07) is 7.44. The maximum Gasteiger partial charge on any atom is 0.253 e. The molecule has 0 unspecified atom stereocenters. The number of nitrogens with one attached hydrogen (secondary N) is 2. The van der Waals surface area contributed by atoms with Crippen molar-refractivity contribution in [3.63, 3.8) is 0 Å². The van der Waals surface area contributed by atoms with Gasteiger partial charge in [-0.2, -0.15) is 0 Å². The third-order valence-electron chi connectivity index (χ3n) is 2.50. The molecule has 0 aromatic heterocycles. The highest BCUT2D eigenvalue weighted by molar-refractivity contribution is 7.89. The van der Waals surface area contributed by atoms with Gasteiger partial charge in [-0.15, -0.1) is 4.83 Å². The SMILES string of the molecule is CC(C)NCCc1ccc(S(=O)(=O)NN(C)C)cc1. The Morgan fingerprint density at radius 1 is 1.16 bits per heavy atom. The van der Waals surface area contributed by atoms with Gasteiger partial charge in [0, 0.05) is 20.1 Å². The number of hydrazine groups is 1. The third kappa shape index (κ3) is 5.69. The second-order valence-electron chi connectivity index (χ2n) is 4.99. The van der Waals surface area contributed by atoms with E-state index in [9.17, 15) is 8.42 Å². The van der Waals surface area contributed by atoms with E-state index in [0.29, 0.717) is 6.04 Å². The molecule has 5 nitrogen and oxygen atoms in total. The van der Waals surface area contributed by atoms with E-state index in [2.05, 4.69) is 24.0 Å². The summed E-state index contributed by atoms with van der Waals surface area (Å²) >= 11 is 0. The molecule has 0 amide bonds. The quantitative estimate of drug-likeness (QED) is 0.733. The van der Waals surface area contributed by atoms with Gasteiger partial charge >= 0.3 is 0 Å². The fourth-order valence-corrected chi connectivity index (χ4v) is 2.71. The molecule has 0 heterocycles. The largest absolute Gasteiger partial charge is 0.314 e. The molecule has 0 aliphatic heterocycles. The molecule has 0 saturated heterocycles. The topological polar surface area (TPSA) is 61.4 Å². The first-order valence-corrected chi connectivity index (χ1v) is 7.81. The van der Waals surface area contributed by atoms with Gasteiger partial charge in [0.2, 0.25) is 0 Å². The second-order valence-corrected chi connectivity index (χ2v) is 6.65. The van der Waals surface area contributed by atoms with Crippen molar-refractivity contribution < 1.29 is 8.42 Å². The number of rotatable bonds is 7. The maximum absolute atomic E-state index is 11.9. The summed E-state index contributed by atoms with van der Waals surface area (Å²) in [5.74, 6) is 0. The van der Waals surface area contributed by atoms with E-state index in [4.69, 9.17) is 0 Å². The molecular weight excluding hydrogens is 262 g/mol. The Morgan fingerprint density at radius 2 is 1.74 bits per heavy atom. The molecule has 0 aliphatic rings. The fraction of sp³-hybridized carbons (Fsp3) is 0.538. The molecule has 2 N–H and O–H groups in total. The molecule has 1 aromatic rings. The summed E-state index contributed by atoms with van der Waals surface area (Å²) in [5, 5.41) is 4.74. The number of benzene rings is 1. The predicted octanol–water partition coefficient (Wildman–Crippen LogP) is 0.982. The van der Waals surface area contributed by atoms with Crippen molar-refractivity contribution in [2.75, 3.05) is 20.6 Å². The highest BCUT2D eigenvalue weighted by Crippen LogP contribution is 2.10. The van der Waals surface area contributed by atoms with Crippen LogP contribution in [0.3, 0.4) is 0 Å². The summed E-state index contributed by atoms with van der Waals surface area (Å²) in [6.45, 7) is 5.09. The van der Waals surface area contributed by atoms with E-state index in [0.717, 1.165) is 18.5 Å². The highest BCUT2D eigenvalue weighted by Gasteiger charge is 2.14. The van der Waals surface area contributed by atoms with Crippen LogP contribution in [0.1, 0.15) is 19.4 Å². The molecule has 0 radical (unpaired) electrons. The van der Waals surface area contributed by atoms with E-state index in [1.54, 1.807) is 26.2 Å². The standard InChI is InChI=1S/C13H23N3O2S/c1-11(2)14-10-9-12-5-7-13(8-6-12)19(17,18)15-16(3)4/h5-8,11,14-15H,9-10H2,1-4H3. The molecule has 19 heavy (non-hydrogen) atoms. The lowest BCUT2D eigenvalue weighted by Gasteiger charge is -2.13. The zero-order chi connectivity index (χ0) is 14.5. The summed E-state index contributed by atoms with van der Waals surface area (Å²) in [5.41, 5.74) is 1.12. The predicted molar refractivity (Wildman–Crippen MR) is 77.3 cm³/mol. The lowest BCUT2D eigenvalue weighted by atomic mass is 10.1. The minimum atomic E-state index is -3.45. The average Bonchev–Trinajstić information content (AvgIpc) is 2.27. The van der Waals surface area contributed by atoms with Crippen molar-refractivity contribution in [3.8, 4) is 0 Å². The molecule has 0 aliphatic carbocycles. The average molecular weight is 285 g/mol. The van der Waals surface area contributed by atoms with Gasteiger partial charge in [-0.05, 0) is 30.7 Å². The molecule has 0 fully saturated rings. The van der Waals surface area contributed by atoms with E-state index < -0.39 is 10.0 Å². The van der Waals surface area contributed by atoms with Crippen LogP contribution < -0.4 is 10.1 Å². The summed E-state index contributed by atoms with van der Waals surface area (Å²) in [6.07, 6.45) is 0.889. The number of hydrogen-bond acceptors (Lipinski definition) is 4. The molecule has 0 bridgehead atoms. The van der Waals surface area contributed by atoms with Crippen molar-refractivity contribution in [1.29, 1.82) is 0 Å². The van der Waals surface area contributed by atoms with E-state index >= 15 is 0 Å². The van der Waals surface area contributed by atoms with E-state index in [-0.39, 0.29) is 4.90 Å². The van der Waals surface area contributed by atoms with Crippen molar-refractivity contribution in [2.45, 2.75) is 31.2 Å². The zero-order valence-corrected chi connectivity index (χ0v) is 12.8. The molecule has 1 rings (SSSR count). The lowest BCUT2D eigenvalue weighted by molar-refractivity contribution is 0.364. The summed E-state index contributed by atoms with van der Waals surface area (Å²) in [4.78, 5) is 2.69. The van der Waals surface area contributed by atoms with Gasteiger partial charge in [-0.3, -0.25) is 0 Å². The van der Waals surface area contributed by atoms with Crippen LogP contribution >= 0.6 is 0 Å². The normalized spacial score (nSPS) is 12.3. The molecular formula is C13H23N3O2S. The van der Waals surface area contributed by atoms with Gasteiger partial charge in [-0.1, -0.05) is 26.0 Å². The lowest BCUT2D eigenvalue weighted by Crippen LogP contribution is -2.36. The van der Waals surface area contributed by atoms with Gasteiger partial charge in [0.15, 0.2) is 0 Å². The fourth-order valence-electron chi connectivity index (χ4n) is 1.63. The molecule has 1 aromatic carbocycles. The number of hydrogen-bond donors (Lipinski definition) is 2. The van der Waals surface area contributed by atoms with E-state index in [1.165, 1.54) is 5.01 Å². The third-order valence-corrected chi connectivity index (χ3v) is 4.00. The molecule has 0 atom stereocenters. The molecule has 108 valence electrons. The van der Waals surface area contributed by atoms with Gasteiger partial charge < -0.3 is 5.32 Å². The summed E-state index contributed by atoms with van der Waals surface area (Å²) in [7, 11) is -0.165. The van der Waals surface area contributed by atoms with Crippen molar-refractivity contribution >= 4 is 10.0 Å². The van der Waals surface area contributed by atoms with Crippen LogP contribution in [-0.4, -0.2) is 40.1 Å². The van der Waals surface area contributed by atoms with Crippen LogP contribution in [0.5, 0.6) is 0 Å². The maximum atomic E-state index is 11.9. The monoisotopic (exact) mass is 285 g/mol. The number of sulfonamides is 1. The molecule has 6 heteroatoms. The Kier molecular flexibility index (Phi) is 5.93. The second kappa shape index (κ2) is 7.00. The van der Waals surface area contributed by atoms with Gasteiger partial charge in [0.1, 0.15) is 0 Å². The van der Waals surface area contributed by atoms with Crippen LogP contribution in [0.25, 0.3) is 0 Å². The highest BCUT2D eigenvalue weighted by atomic mass is 32.2. The first-order chi connectivity index (χ1) is 8.81. The van der Waals surface area contributed by atoms with Gasteiger partial charge in [0.25, 0.3) is 10.0 Å². The first kappa shape index (κ1) is 16.1. The zero-order valence-electron chi connectivity index (χ0n) is 12.0. The van der Waals surface area contributed by atoms with Crippen LogP contribution in [0.15, 0.2) is 29.2 Å². The Morgan fingerprint density at radius 3 is 2.21 bits per heavy atom. The minimum absolute atomic E-state index is 0.279. The Balaban J connectivity index is 2.66. The van der Waals surface area contributed by atoms with Crippen molar-refractivity contribution in [3.05, 3.63) is 29.8 Å². The van der Waals surface area contributed by atoms with Crippen molar-refractivity contribution in [1.82, 2.24) is 15.2 Å². The summed E-state index contributed by atoms with van der Waals surface area (Å²) < 4.78 is 23.8. The van der Waals surface area contributed by atoms with Crippen LogP contribution in [-0.2, 0) is 16.4 Å². The Labute approximate surface area is 116 Å². The Hall–Kier alpha value is -0.950. The minimum Gasteiger partial charge on any atom is -0.314 e. The van der Waals surface area contributed by atoms with Gasteiger partial charge in [-0.25, -0.2) is 13.4 Å².